The molecule has 0 aliphatic rings. The van der Waals surface area contributed by atoms with E-state index in [1.165, 1.54) is 0 Å². The molecular weight excluding hydrogens is 337 g/mol. The Hall–Kier alpha value is -2.31. The lowest BCUT2D eigenvalue weighted by Crippen LogP contribution is -2.02. The molecule has 0 unspecified atom stereocenters. The Morgan fingerprint density at radius 1 is 0.913 bits per heavy atom. The van der Waals surface area contributed by atoms with Crippen molar-refractivity contribution in [2.24, 2.45) is 0 Å². The van der Waals surface area contributed by atoms with Gasteiger partial charge in [0.2, 0.25) is 5.95 Å². The third-order valence-electron chi connectivity index (χ3n) is 2.91. The van der Waals surface area contributed by atoms with E-state index in [2.05, 4.69) is 25.8 Å². The minimum absolute atomic E-state index is 0.436. The van der Waals surface area contributed by atoms with Crippen molar-refractivity contribution < 1.29 is 4.52 Å². The zero-order valence-corrected chi connectivity index (χ0v) is 13.9. The molecule has 8 heteroatoms. The number of hydrogen-bond donors (Lipinski definition) is 2. The van der Waals surface area contributed by atoms with Crippen molar-refractivity contribution in [3.8, 4) is 0 Å². The molecule has 0 radical (unpaired) electrons. The fraction of sp³-hybridized carbons (Fsp3) is 0.133. The van der Waals surface area contributed by atoms with Crippen molar-refractivity contribution in [2.45, 2.75) is 13.8 Å². The molecule has 3 aromatic rings. The number of anilines is 4. The lowest BCUT2D eigenvalue weighted by atomic mass is 10.3. The normalized spacial score (nSPS) is 10.6. The molecule has 0 fully saturated rings. The van der Waals surface area contributed by atoms with Gasteiger partial charge in [-0.3, -0.25) is 0 Å². The SMILES string of the molecule is Cc1cc(Nc2cc(C)on2)nc(Nc2ccc(Cl)c(Cl)c2)n1. The summed E-state index contributed by atoms with van der Waals surface area (Å²) in [7, 11) is 0. The summed E-state index contributed by atoms with van der Waals surface area (Å²) >= 11 is 11.9. The number of rotatable bonds is 4. The molecule has 2 aromatic heterocycles. The Labute approximate surface area is 142 Å². The predicted octanol–water partition coefficient (Wildman–Crippen LogP) is 4.88. The molecule has 1 aromatic carbocycles. The van der Waals surface area contributed by atoms with E-state index in [1.54, 1.807) is 24.3 Å². The zero-order valence-electron chi connectivity index (χ0n) is 12.4. The second kappa shape index (κ2) is 6.44. The fourth-order valence-electron chi connectivity index (χ4n) is 1.95. The van der Waals surface area contributed by atoms with Crippen LogP contribution in [0.5, 0.6) is 0 Å². The van der Waals surface area contributed by atoms with Crippen LogP contribution in [0.4, 0.5) is 23.3 Å². The summed E-state index contributed by atoms with van der Waals surface area (Å²) in [6, 6.07) is 8.81. The Balaban J connectivity index is 1.83. The summed E-state index contributed by atoms with van der Waals surface area (Å²) in [5, 5.41) is 11.0. The minimum atomic E-state index is 0.436. The highest BCUT2D eigenvalue weighted by atomic mass is 35.5. The predicted molar refractivity (Wildman–Crippen MR) is 91.0 cm³/mol. The van der Waals surface area contributed by atoms with Crippen LogP contribution >= 0.6 is 23.2 Å². The average Bonchev–Trinajstić information content (AvgIpc) is 2.87. The lowest BCUT2D eigenvalue weighted by molar-refractivity contribution is 0.400. The number of aryl methyl sites for hydroxylation is 2. The number of nitrogens with one attached hydrogen (secondary N) is 2. The molecule has 118 valence electrons. The van der Waals surface area contributed by atoms with Crippen molar-refractivity contribution in [3.05, 3.63) is 51.8 Å². The van der Waals surface area contributed by atoms with Crippen LogP contribution in [0.2, 0.25) is 10.0 Å². The van der Waals surface area contributed by atoms with Crippen LogP contribution in [0.1, 0.15) is 11.5 Å². The summed E-state index contributed by atoms with van der Waals surface area (Å²) in [4.78, 5) is 8.74. The quantitative estimate of drug-likeness (QED) is 0.699. The molecule has 0 saturated carbocycles. The summed E-state index contributed by atoms with van der Waals surface area (Å²) < 4.78 is 5.02. The third-order valence-corrected chi connectivity index (χ3v) is 3.65. The molecular formula is C15H13Cl2N5O. The molecule has 6 nitrogen and oxygen atoms in total. The number of halogens is 2. The molecule has 0 saturated heterocycles. The van der Waals surface area contributed by atoms with Crippen LogP contribution in [0.25, 0.3) is 0 Å². The van der Waals surface area contributed by atoms with Crippen molar-refractivity contribution >= 4 is 46.5 Å². The van der Waals surface area contributed by atoms with Gasteiger partial charge in [0, 0.05) is 23.5 Å². The van der Waals surface area contributed by atoms with Gasteiger partial charge in [0.05, 0.1) is 10.0 Å². The number of nitrogens with zero attached hydrogens (tertiary/aromatic N) is 3. The van der Waals surface area contributed by atoms with Gasteiger partial charge in [-0.25, -0.2) is 4.98 Å². The Morgan fingerprint density at radius 3 is 2.43 bits per heavy atom. The van der Waals surface area contributed by atoms with Crippen molar-refractivity contribution in [1.29, 1.82) is 0 Å². The maximum Gasteiger partial charge on any atom is 0.229 e. The summed E-state index contributed by atoms with van der Waals surface area (Å²) in [5.74, 6) is 2.34. The van der Waals surface area contributed by atoms with Crippen molar-refractivity contribution in [2.75, 3.05) is 10.6 Å². The minimum Gasteiger partial charge on any atom is -0.360 e. The third kappa shape index (κ3) is 3.91. The molecule has 0 bridgehead atoms. The number of benzene rings is 1. The molecule has 0 aliphatic carbocycles. The first-order chi connectivity index (χ1) is 11.0. The summed E-state index contributed by atoms with van der Waals surface area (Å²) in [6.07, 6.45) is 0. The second-order valence-electron chi connectivity index (χ2n) is 4.92. The first-order valence-corrected chi connectivity index (χ1v) is 7.53. The first kappa shape index (κ1) is 15.6. The van der Waals surface area contributed by atoms with E-state index in [9.17, 15) is 0 Å². The Morgan fingerprint density at radius 2 is 1.74 bits per heavy atom. The van der Waals surface area contributed by atoms with Gasteiger partial charge in [-0.05, 0) is 32.0 Å². The highest BCUT2D eigenvalue weighted by Gasteiger charge is 2.07. The van der Waals surface area contributed by atoms with Crippen LogP contribution in [0.3, 0.4) is 0 Å². The highest BCUT2D eigenvalue weighted by molar-refractivity contribution is 6.42. The first-order valence-electron chi connectivity index (χ1n) is 6.78. The van der Waals surface area contributed by atoms with Crippen LogP contribution < -0.4 is 10.6 Å². The van der Waals surface area contributed by atoms with Crippen LogP contribution in [0, 0.1) is 13.8 Å². The van der Waals surface area contributed by atoms with Gasteiger partial charge in [0.15, 0.2) is 5.82 Å². The maximum atomic E-state index is 6.01. The molecule has 0 atom stereocenters. The zero-order chi connectivity index (χ0) is 16.4. The van der Waals surface area contributed by atoms with E-state index in [-0.39, 0.29) is 0 Å². The van der Waals surface area contributed by atoms with E-state index in [0.29, 0.717) is 33.4 Å². The van der Waals surface area contributed by atoms with E-state index >= 15 is 0 Å². The topological polar surface area (TPSA) is 75.9 Å². The number of aromatic nitrogens is 3. The summed E-state index contributed by atoms with van der Waals surface area (Å²) in [5.41, 5.74) is 1.54. The van der Waals surface area contributed by atoms with Crippen molar-refractivity contribution in [3.63, 3.8) is 0 Å². The second-order valence-corrected chi connectivity index (χ2v) is 5.73. The van der Waals surface area contributed by atoms with Gasteiger partial charge in [-0.1, -0.05) is 28.4 Å². The standard InChI is InChI=1S/C15H13Cl2N5O/c1-8-5-13(20-14-6-9(2)23-22-14)21-15(18-8)19-10-3-4-11(16)12(17)7-10/h3-7H,1-2H3,(H2,18,19,20,21,22). The van der Waals surface area contributed by atoms with Gasteiger partial charge in [0.25, 0.3) is 0 Å². The molecule has 0 amide bonds. The van der Waals surface area contributed by atoms with Gasteiger partial charge < -0.3 is 15.2 Å². The van der Waals surface area contributed by atoms with Crippen LogP contribution in [-0.4, -0.2) is 15.1 Å². The Bertz CT molecular complexity index is 850. The van der Waals surface area contributed by atoms with Gasteiger partial charge in [0.1, 0.15) is 11.6 Å². The van der Waals surface area contributed by atoms with E-state index in [4.69, 9.17) is 27.7 Å². The maximum absolute atomic E-state index is 6.01. The molecule has 23 heavy (non-hydrogen) atoms. The summed E-state index contributed by atoms with van der Waals surface area (Å²) in [6.45, 7) is 3.70. The lowest BCUT2D eigenvalue weighted by Gasteiger charge is -2.09. The molecule has 2 N–H and O–H groups in total. The molecule has 2 heterocycles. The van der Waals surface area contributed by atoms with E-state index in [0.717, 1.165) is 11.4 Å². The van der Waals surface area contributed by atoms with Crippen molar-refractivity contribution in [1.82, 2.24) is 15.1 Å². The highest BCUT2D eigenvalue weighted by Crippen LogP contribution is 2.26. The molecule has 0 spiro atoms. The van der Waals surface area contributed by atoms with Gasteiger partial charge >= 0.3 is 0 Å². The van der Waals surface area contributed by atoms with Crippen LogP contribution in [0.15, 0.2) is 34.9 Å². The smallest absolute Gasteiger partial charge is 0.229 e. The molecule has 3 rings (SSSR count). The van der Waals surface area contributed by atoms with E-state index in [1.807, 2.05) is 19.9 Å². The fourth-order valence-corrected chi connectivity index (χ4v) is 2.25. The van der Waals surface area contributed by atoms with Gasteiger partial charge in [-0.15, -0.1) is 0 Å². The largest absolute Gasteiger partial charge is 0.360 e. The number of hydrogen-bond acceptors (Lipinski definition) is 6. The van der Waals surface area contributed by atoms with Crippen LogP contribution in [-0.2, 0) is 0 Å². The monoisotopic (exact) mass is 349 g/mol. The average molecular weight is 350 g/mol. The Kier molecular flexibility index (Phi) is 4.36. The van der Waals surface area contributed by atoms with E-state index < -0.39 is 0 Å². The van der Waals surface area contributed by atoms with Gasteiger partial charge in [-0.2, -0.15) is 4.98 Å². The molecule has 0 aliphatic heterocycles.